The molecular formula is C19H27N5O2. The van der Waals surface area contributed by atoms with Gasteiger partial charge in [0.2, 0.25) is 5.91 Å². The second-order valence-electron chi connectivity index (χ2n) is 6.45. The number of aromatic nitrogens is 2. The SMILES string of the molecule is Cc1nn(-c2ccccc2)c(C)c1CNC(=O)NCCNC(=O)C(C)C. The van der Waals surface area contributed by atoms with Crippen molar-refractivity contribution in [3.05, 3.63) is 47.3 Å². The molecule has 0 aliphatic heterocycles. The van der Waals surface area contributed by atoms with Gasteiger partial charge in [0.1, 0.15) is 0 Å². The molecule has 1 aromatic carbocycles. The van der Waals surface area contributed by atoms with Crippen molar-refractivity contribution in [2.24, 2.45) is 5.92 Å². The van der Waals surface area contributed by atoms with E-state index in [1.165, 1.54) is 0 Å². The minimum atomic E-state index is -0.268. The van der Waals surface area contributed by atoms with E-state index in [9.17, 15) is 9.59 Å². The van der Waals surface area contributed by atoms with E-state index < -0.39 is 0 Å². The fourth-order valence-electron chi connectivity index (χ4n) is 2.55. The number of amides is 3. The van der Waals surface area contributed by atoms with E-state index in [4.69, 9.17) is 0 Å². The van der Waals surface area contributed by atoms with E-state index in [1.807, 2.05) is 62.7 Å². The lowest BCUT2D eigenvalue weighted by Crippen LogP contribution is -2.40. The number of para-hydroxylation sites is 1. The number of nitrogens with zero attached hydrogens (tertiary/aromatic N) is 2. The van der Waals surface area contributed by atoms with Gasteiger partial charge in [-0.1, -0.05) is 32.0 Å². The Morgan fingerprint density at radius 2 is 1.69 bits per heavy atom. The molecule has 3 amide bonds. The lowest BCUT2D eigenvalue weighted by Gasteiger charge is -2.10. The number of nitrogens with one attached hydrogen (secondary N) is 3. The molecule has 26 heavy (non-hydrogen) atoms. The second-order valence-corrected chi connectivity index (χ2v) is 6.45. The van der Waals surface area contributed by atoms with Crippen LogP contribution in [-0.2, 0) is 11.3 Å². The van der Waals surface area contributed by atoms with Crippen molar-refractivity contribution < 1.29 is 9.59 Å². The molecule has 0 fully saturated rings. The van der Waals surface area contributed by atoms with Gasteiger partial charge >= 0.3 is 6.03 Å². The van der Waals surface area contributed by atoms with Gasteiger partial charge in [-0.25, -0.2) is 9.48 Å². The van der Waals surface area contributed by atoms with E-state index in [-0.39, 0.29) is 17.9 Å². The Hall–Kier alpha value is -2.83. The van der Waals surface area contributed by atoms with Crippen LogP contribution in [0.25, 0.3) is 5.69 Å². The Labute approximate surface area is 154 Å². The third-order valence-electron chi connectivity index (χ3n) is 4.10. The maximum absolute atomic E-state index is 11.9. The predicted octanol–water partition coefficient (Wildman–Crippen LogP) is 2.06. The van der Waals surface area contributed by atoms with Crippen molar-refractivity contribution in [2.75, 3.05) is 13.1 Å². The van der Waals surface area contributed by atoms with Gasteiger partial charge in [-0.05, 0) is 26.0 Å². The summed E-state index contributed by atoms with van der Waals surface area (Å²) >= 11 is 0. The first-order valence-electron chi connectivity index (χ1n) is 8.80. The monoisotopic (exact) mass is 357 g/mol. The molecule has 0 saturated heterocycles. The third kappa shape index (κ3) is 5.08. The molecule has 2 rings (SSSR count). The number of hydrogen-bond donors (Lipinski definition) is 3. The molecule has 140 valence electrons. The maximum atomic E-state index is 11.9. The Balaban J connectivity index is 1.85. The summed E-state index contributed by atoms with van der Waals surface area (Å²) in [5.74, 6) is -0.0808. The average molecular weight is 357 g/mol. The first kappa shape index (κ1) is 19.5. The van der Waals surface area contributed by atoms with Crippen molar-refractivity contribution in [3.8, 4) is 5.69 Å². The number of carbonyl (C=O) groups is 2. The Morgan fingerprint density at radius 3 is 2.35 bits per heavy atom. The zero-order valence-corrected chi connectivity index (χ0v) is 15.8. The molecule has 0 unspecified atom stereocenters. The molecule has 3 N–H and O–H groups in total. The molecule has 2 aromatic rings. The molecule has 0 aliphatic rings. The van der Waals surface area contributed by atoms with E-state index >= 15 is 0 Å². The van der Waals surface area contributed by atoms with Gasteiger partial charge in [-0.3, -0.25) is 4.79 Å². The summed E-state index contributed by atoms with van der Waals surface area (Å²) in [6.07, 6.45) is 0. The summed E-state index contributed by atoms with van der Waals surface area (Å²) in [4.78, 5) is 23.4. The fourth-order valence-corrected chi connectivity index (χ4v) is 2.55. The minimum Gasteiger partial charge on any atom is -0.354 e. The van der Waals surface area contributed by atoms with Crippen molar-refractivity contribution in [1.29, 1.82) is 0 Å². The largest absolute Gasteiger partial charge is 0.354 e. The molecule has 0 saturated carbocycles. The van der Waals surface area contributed by atoms with Gasteiger partial charge in [0, 0.05) is 36.8 Å². The van der Waals surface area contributed by atoms with Crippen LogP contribution >= 0.6 is 0 Å². The summed E-state index contributed by atoms with van der Waals surface area (Å²) in [5, 5.41) is 12.9. The number of benzene rings is 1. The number of carbonyl (C=O) groups excluding carboxylic acids is 2. The van der Waals surface area contributed by atoms with Gasteiger partial charge in [-0.15, -0.1) is 0 Å². The van der Waals surface area contributed by atoms with E-state index in [2.05, 4.69) is 21.0 Å². The third-order valence-corrected chi connectivity index (χ3v) is 4.10. The van der Waals surface area contributed by atoms with Crippen LogP contribution in [0.15, 0.2) is 30.3 Å². The van der Waals surface area contributed by atoms with Crippen LogP contribution in [0, 0.1) is 19.8 Å². The van der Waals surface area contributed by atoms with Gasteiger partial charge in [0.15, 0.2) is 0 Å². The Kier molecular flexibility index (Phi) is 6.77. The number of rotatable bonds is 7. The zero-order valence-electron chi connectivity index (χ0n) is 15.8. The highest BCUT2D eigenvalue weighted by Gasteiger charge is 2.13. The summed E-state index contributed by atoms with van der Waals surface area (Å²) in [7, 11) is 0. The van der Waals surface area contributed by atoms with Gasteiger partial charge in [0.25, 0.3) is 0 Å². The number of urea groups is 1. The first-order chi connectivity index (χ1) is 12.4. The number of hydrogen-bond acceptors (Lipinski definition) is 3. The summed E-state index contributed by atoms with van der Waals surface area (Å²) < 4.78 is 1.88. The van der Waals surface area contributed by atoms with Crippen LogP contribution in [0.3, 0.4) is 0 Å². The normalized spacial score (nSPS) is 10.7. The molecule has 0 bridgehead atoms. The van der Waals surface area contributed by atoms with Crippen molar-refractivity contribution in [1.82, 2.24) is 25.7 Å². The molecule has 7 nitrogen and oxygen atoms in total. The van der Waals surface area contributed by atoms with E-state index in [1.54, 1.807) is 0 Å². The average Bonchev–Trinajstić information content (AvgIpc) is 2.91. The van der Waals surface area contributed by atoms with Crippen molar-refractivity contribution >= 4 is 11.9 Å². The zero-order chi connectivity index (χ0) is 19.1. The van der Waals surface area contributed by atoms with Crippen LogP contribution < -0.4 is 16.0 Å². The molecule has 1 heterocycles. The minimum absolute atomic E-state index is 0.0215. The predicted molar refractivity (Wildman–Crippen MR) is 101 cm³/mol. The highest BCUT2D eigenvalue weighted by Crippen LogP contribution is 2.17. The van der Waals surface area contributed by atoms with Crippen LogP contribution in [0.5, 0.6) is 0 Å². The first-order valence-corrected chi connectivity index (χ1v) is 8.80. The van der Waals surface area contributed by atoms with Crippen LogP contribution in [0.2, 0.25) is 0 Å². The number of aryl methyl sites for hydroxylation is 1. The highest BCUT2D eigenvalue weighted by molar-refractivity contribution is 5.78. The topological polar surface area (TPSA) is 88.1 Å². The molecule has 7 heteroatoms. The summed E-state index contributed by atoms with van der Waals surface area (Å²) in [5.41, 5.74) is 3.87. The quantitative estimate of drug-likeness (QED) is 0.663. The smallest absolute Gasteiger partial charge is 0.315 e. The molecule has 0 aliphatic carbocycles. The molecule has 0 atom stereocenters. The van der Waals surface area contributed by atoms with Crippen LogP contribution in [0.4, 0.5) is 4.79 Å². The maximum Gasteiger partial charge on any atom is 0.315 e. The summed E-state index contributed by atoms with van der Waals surface area (Å²) in [6, 6.07) is 9.62. The summed E-state index contributed by atoms with van der Waals surface area (Å²) in [6.45, 7) is 8.77. The Bertz CT molecular complexity index is 753. The van der Waals surface area contributed by atoms with Gasteiger partial charge in [0.05, 0.1) is 11.4 Å². The Morgan fingerprint density at radius 1 is 1.04 bits per heavy atom. The van der Waals surface area contributed by atoms with Crippen molar-refractivity contribution in [3.63, 3.8) is 0 Å². The lowest BCUT2D eigenvalue weighted by atomic mass is 10.2. The van der Waals surface area contributed by atoms with Crippen LogP contribution in [0.1, 0.15) is 30.8 Å². The van der Waals surface area contributed by atoms with Crippen LogP contribution in [-0.4, -0.2) is 34.8 Å². The van der Waals surface area contributed by atoms with Gasteiger partial charge < -0.3 is 16.0 Å². The van der Waals surface area contributed by atoms with Crippen molar-refractivity contribution in [2.45, 2.75) is 34.2 Å². The molecule has 0 spiro atoms. The fraction of sp³-hybridized carbons (Fsp3) is 0.421. The second kappa shape index (κ2) is 9.03. The molecular weight excluding hydrogens is 330 g/mol. The van der Waals surface area contributed by atoms with E-state index in [0.29, 0.717) is 19.6 Å². The molecule has 1 aromatic heterocycles. The molecule has 0 radical (unpaired) electrons. The van der Waals surface area contributed by atoms with E-state index in [0.717, 1.165) is 22.6 Å². The van der Waals surface area contributed by atoms with Gasteiger partial charge in [-0.2, -0.15) is 5.10 Å². The standard InChI is InChI=1S/C19H27N5O2/c1-13(2)18(25)20-10-11-21-19(26)22-12-17-14(3)23-24(15(17)4)16-8-6-5-7-9-16/h5-9,13H,10-12H2,1-4H3,(H,20,25)(H2,21,22,26). The lowest BCUT2D eigenvalue weighted by molar-refractivity contribution is -0.123. The highest BCUT2D eigenvalue weighted by atomic mass is 16.2.